The van der Waals surface area contributed by atoms with Gasteiger partial charge in [0.05, 0.1) is 11.8 Å². The van der Waals surface area contributed by atoms with Crippen LogP contribution in [-0.4, -0.2) is 25.8 Å². The maximum atomic E-state index is 11.7. The second-order valence-corrected chi connectivity index (χ2v) is 6.90. The smallest absolute Gasteiger partial charge is 0.239 e. The van der Waals surface area contributed by atoms with Crippen LogP contribution >= 0.6 is 0 Å². The summed E-state index contributed by atoms with van der Waals surface area (Å²) in [5.74, 6) is -1.24. The van der Waals surface area contributed by atoms with E-state index in [9.17, 15) is 13.2 Å². The molecule has 0 aliphatic carbocycles. The lowest BCUT2D eigenvalue weighted by atomic mass is 10.1. The number of unbranched alkanes of at least 4 members (excludes halogenated alkanes) is 1. The Balaban J connectivity index is 2.61. The van der Waals surface area contributed by atoms with Gasteiger partial charge in [0.2, 0.25) is 5.91 Å². The minimum Gasteiger partial charge on any atom is -0.325 e. The van der Waals surface area contributed by atoms with Gasteiger partial charge in [0.1, 0.15) is 5.75 Å². The van der Waals surface area contributed by atoms with Crippen molar-refractivity contribution in [2.45, 2.75) is 26.7 Å². The molecule has 0 unspecified atom stereocenters. The van der Waals surface area contributed by atoms with Crippen LogP contribution in [0, 0.1) is 25.2 Å². The van der Waals surface area contributed by atoms with Crippen LogP contribution in [0.1, 0.15) is 24.0 Å². The Morgan fingerprint density at radius 2 is 2.05 bits per heavy atom. The number of nitriles is 1. The van der Waals surface area contributed by atoms with Crippen molar-refractivity contribution in [3.63, 3.8) is 0 Å². The summed E-state index contributed by atoms with van der Waals surface area (Å²) in [6, 6.07) is 7.40. The quantitative estimate of drug-likeness (QED) is 0.812. The van der Waals surface area contributed by atoms with E-state index >= 15 is 0 Å². The second kappa shape index (κ2) is 7.06. The molecule has 1 rings (SSSR count). The summed E-state index contributed by atoms with van der Waals surface area (Å²) in [6.45, 7) is 3.79. The van der Waals surface area contributed by atoms with E-state index in [-0.39, 0.29) is 18.6 Å². The van der Waals surface area contributed by atoms with Crippen molar-refractivity contribution in [1.29, 1.82) is 5.26 Å². The number of nitrogens with zero attached hydrogens (tertiary/aromatic N) is 1. The Morgan fingerprint density at radius 1 is 1.35 bits per heavy atom. The summed E-state index contributed by atoms with van der Waals surface area (Å²) < 4.78 is 23.3. The molecular formula is C14H18N2O3S. The Hall–Kier alpha value is -1.87. The minimum absolute atomic E-state index is 0.138. The fraction of sp³-hybridized carbons (Fsp3) is 0.429. The van der Waals surface area contributed by atoms with E-state index in [2.05, 4.69) is 5.32 Å². The number of nitrogens with one attached hydrogen (secondary N) is 1. The molecule has 6 heteroatoms. The van der Waals surface area contributed by atoms with E-state index in [0.717, 1.165) is 11.1 Å². The van der Waals surface area contributed by atoms with E-state index in [1.54, 1.807) is 6.07 Å². The van der Waals surface area contributed by atoms with Crippen molar-refractivity contribution in [1.82, 2.24) is 0 Å². The van der Waals surface area contributed by atoms with Crippen molar-refractivity contribution in [2.24, 2.45) is 0 Å². The number of amides is 1. The van der Waals surface area contributed by atoms with Crippen LogP contribution in [0.5, 0.6) is 0 Å². The van der Waals surface area contributed by atoms with E-state index in [4.69, 9.17) is 5.26 Å². The molecule has 1 aromatic carbocycles. The maximum absolute atomic E-state index is 11.7. The Bertz CT molecular complexity index is 630. The molecule has 108 valence electrons. The molecule has 1 amide bonds. The van der Waals surface area contributed by atoms with E-state index < -0.39 is 21.5 Å². The minimum atomic E-state index is -3.46. The normalized spacial score (nSPS) is 10.8. The molecular weight excluding hydrogens is 276 g/mol. The standard InChI is InChI=1S/C14H18N2O3S/c1-11-5-6-13(12(2)9-11)16-14(17)10-20(18,19)8-4-3-7-15/h5-6,9H,3-4,8,10H2,1-2H3,(H,16,17). The van der Waals surface area contributed by atoms with Gasteiger partial charge in [0.15, 0.2) is 9.84 Å². The molecule has 0 saturated heterocycles. The van der Waals surface area contributed by atoms with Crippen LogP contribution in [0.2, 0.25) is 0 Å². The van der Waals surface area contributed by atoms with Gasteiger partial charge < -0.3 is 5.32 Å². The van der Waals surface area contributed by atoms with Crippen molar-refractivity contribution in [3.8, 4) is 6.07 Å². The number of aryl methyl sites for hydroxylation is 2. The van der Waals surface area contributed by atoms with E-state index in [1.165, 1.54) is 0 Å². The molecule has 1 N–H and O–H groups in total. The van der Waals surface area contributed by atoms with Gasteiger partial charge in [-0.1, -0.05) is 17.7 Å². The molecule has 0 fully saturated rings. The van der Waals surface area contributed by atoms with Gasteiger partial charge in [0, 0.05) is 12.1 Å². The van der Waals surface area contributed by atoms with Gasteiger partial charge in [0.25, 0.3) is 0 Å². The highest BCUT2D eigenvalue weighted by atomic mass is 32.2. The summed E-state index contributed by atoms with van der Waals surface area (Å²) in [5.41, 5.74) is 2.58. The van der Waals surface area contributed by atoms with Gasteiger partial charge in [-0.3, -0.25) is 4.79 Å². The average molecular weight is 294 g/mol. The van der Waals surface area contributed by atoms with Crippen molar-refractivity contribution in [3.05, 3.63) is 29.3 Å². The van der Waals surface area contributed by atoms with Crippen LogP contribution in [0.4, 0.5) is 5.69 Å². The number of anilines is 1. The van der Waals surface area contributed by atoms with Crippen molar-refractivity contribution >= 4 is 21.4 Å². The van der Waals surface area contributed by atoms with Gasteiger partial charge in [-0.25, -0.2) is 8.42 Å². The van der Waals surface area contributed by atoms with Gasteiger partial charge >= 0.3 is 0 Å². The molecule has 5 nitrogen and oxygen atoms in total. The maximum Gasteiger partial charge on any atom is 0.239 e. The Kier molecular flexibility index (Phi) is 5.71. The van der Waals surface area contributed by atoms with Gasteiger partial charge in [-0.15, -0.1) is 0 Å². The SMILES string of the molecule is Cc1ccc(NC(=O)CS(=O)(=O)CCCC#N)c(C)c1. The van der Waals surface area contributed by atoms with E-state index in [1.807, 2.05) is 32.0 Å². The first-order valence-electron chi connectivity index (χ1n) is 6.28. The topological polar surface area (TPSA) is 87.0 Å². The zero-order valence-corrected chi connectivity index (χ0v) is 12.5. The molecule has 0 saturated carbocycles. The lowest BCUT2D eigenvalue weighted by Gasteiger charge is -2.09. The molecule has 0 radical (unpaired) electrons. The van der Waals surface area contributed by atoms with Crippen molar-refractivity contribution in [2.75, 3.05) is 16.8 Å². The first-order chi connectivity index (χ1) is 9.34. The molecule has 0 bridgehead atoms. The molecule has 0 spiro atoms. The summed E-state index contributed by atoms with van der Waals surface area (Å²) in [7, 11) is -3.46. The monoisotopic (exact) mass is 294 g/mol. The highest BCUT2D eigenvalue weighted by molar-refractivity contribution is 7.92. The molecule has 20 heavy (non-hydrogen) atoms. The lowest BCUT2D eigenvalue weighted by Crippen LogP contribution is -2.25. The fourth-order valence-electron chi connectivity index (χ4n) is 1.78. The second-order valence-electron chi connectivity index (χ2n) is 4.72. The third kappa shape index (κ3) is 5.41. The average Bonchev–Trinajstić information content (AvgIpc) is 2.32. The highest BCUT2D eigenvalue weighted by Gasteiger charge is 2.16. The highest BCUT2D eigenvalue weighted by Crippen LogP contribution is 2.16. The summed E-state index contributed by atoms with van der Waals surface area (Å²) in [4.78, 5) is 11.7. The zero-order valence-electron chi connectivity index (χ0n) is 11.6. The molecule has 0 atom stereocenters. The van der Waals surface area contributed by atoms with Crippen molar-refractivity contribution < 1.29 is 13.2 Å². The van der Waals surface area contributed by atoms with Gasteiger partial charge in [-0.2, -0.15) is 5.26 Å². The third-order valence-corrected chi connectivity index (χ3v) is 4.36. The number of hydrogen-bond acceptors (Lipinski definition) is 4. The fourth-order valence-corrected chi connectivity index (χ4v) is 2.98. The number of rotatable bonds is 6. The van der Waals surface area contributed by atoms with E-state index in [0.29, 0.717) is 5.69 Å². The summed E-state index contributed by atoms with van der Waals surface area (Å²) in [6.07, 6.45) is 0.438. The largest absolute Gasteiger partial charge is 0.325 e. The third-order valence-electron chi connectivity index (χ3n) is 2.75. The van der Waals surface area contributed by atoms with Crippen LogP contribution in [0.15, 0.2) is 18.2 Å². The molecule has 0 heterocycles. The summed E-state index contributed by atoms with van der Waals surface area (Å²) in [5, 5.41) is 11.0. The molecule has 0 aromatic heterocycles. The predicted octanol–water partition coefficient (Wildman–Crippen LogP) is 1.96. The van der Waals surface area contributed by atoms with Gasteiger partial charge in [-0.05, 0) is 31.9 Å². The number of sulfone groups is 1. The van der Waals surface area contributed by atoms with Crippen LogP contribution in [-0.2, 0) is 14.6 Å². The van der Waals surface area contributed by atoms with Crippen LogP contribution in [0.3, 0.4) is 0 Å². The first-order valence-corrected chi connectivity index (χ1v) is 8.10. The molecule has 0 aliphatic rings. The first kappa shape index (κ1) is 16.2. The Labute approximate surface area is 119 Å². The van der Waals surface area contributed by atoms with Crippen LogP contribution in [0.25, 0.3) is 0 Å². The molecule has 1 aromatic rings. The lowest BCUT2D eigenvalue weighted by molar-refractivity contribution is -0.113. The zero-order chi connectivity index (χ0) is 15.2. The molecule has 0 aliphatic heterocycles. The number of hydrogen-bond donors (Lipinski definition) is 1. The number of carbonyl (C=O) groups excluding carboxylic acids is 1. The Morgan fingerprint density at radius 3 is 2.65 bits per heavy atom. The predicted molar refractivity (Wildman–Crippen MR) is 78.0 cm³/mol. The van der Waals surface area contributed by atoms with Crippen LogP contribution < -0.4 is 5.32 Å². The number of benzene rings is 1. The number of carbonyl (C=O) groups is 1. The summed E-state index contributed by atoms with van der Waals surface area (Å²) >= 11 is 0.